The highest BCUT2D eigenvalue weighted by Crippen LogP contribution is 2.47. The molecule has 0 aromatic heterocycles. The molecule has 2 N–H and O–H groups in total. The first-order valence-electron chi connectivity index (χ1n) is 13.2. The largest absolute Gasteiger partial charge is 0.466 e. The van der Waals surface area contributed by atoms with E-state index >= 15 is 0 Å². The molecule has 6 heteroatoms. The molecule has 2 bridgehead atoms. The molecule has 2 unspecified atom stereocenters. The summed E-state index contributed by atoms with van der Waals surface area (Å²) in [6.45, 7) is 9.29. The van der Waals surface area contributed by atoms with Crippen molar-refractivity contribution >= 4 is 12.0 Å². The fourth-order valence-corrected chi connectivity index (χ4v) is 6.01. The Balaban J connectivity index is 1.41. The SMILES string of the molecule is CCOC(=O)CCCCCCOCCCCCNC(=O)NC12CC(C)CC(CC(C)C1)C2. The third-order valence-electron chi connectivity index (χ3n) is 6.98. The van der Waals surface area contributed by atoms with E-state index in [9.17, 15) is 9.59 Å². The van der Waals surface area contributed by atoms with Crippen LogP contribution in [-0.4, -0.2) is 43.9 Å². The number of amides is 2. The van der Waals surface area contributed by atoms with Crippen molar-refractivity contribution in [1.82, 2.24) is 10.6 Å². The van der Waals surface area contributed by atoms with Gasteiger partial charge in [-0.2, -0.15) is 0 Å². The summed E-state index contributed by atoms with van der Waals surface area (Å²) < 4.78 is 10.6. The lowest BCUT2D eigenvalue weighted by Crippen LogP contribution is -2.58. The van der Waals surface area contributed by atoms with Gasteiger partial charge in [0.25, 0.3) is 0 Å². The molecule has 2 amide bonds. The van der Waals surface area contributed by atoms with Gasteiger partial charge in [0.2, 0.25) is 0 Å². The molecule has 6 nitrogen and oxygen atoms in total. The Morgan fingerprint density at radius 1 is 0.875 bits per heavy atom. The summed E-state index contributed by atoms with van der Waals surface area (Å²) in [4.78, 5) is 23.7. The maximum atomic E-state index is 12.5. The quantitative estimate of drug-likeness (QED) is 0.251. The molecule has 2 atom stereocenters. The second-order valence-corrected chi connectivity index (χ2v) is 10.5. The van der Waals surface area contributed by atoms with Gasteiger partial charge in [-0.25, -0.2) is 4.79 Å². The Morgan fingerprint density at radius 3 is 2.16 bits per heavy atom. The predicted molar refractivity (Wildman–Crippen MR) is 129 cm³/mol. The molecule has 2 aliphatic carbocycles. The summed E-state index contributed by atoms with van der Waals surface area (Å²) in [6, 6.07) is 0.0196. The summed E-state index contributed by atoms with van der Waals surface area (Å²) in [6.07, 6.45) is 13.8. The van der Waals surface area contributed by atoms with Gasteiger partial charge >= 0.3 is 12.0 Å². The summed E-state index contributed by atoms with van der Waals surface area (Å²) in [7, 11) is 0. The number of nitrogens with one attached hydrogen (secondary N) is 2. The number of fused-ring (bicyclic) bond motifs is 2. The minimum atomic E-state index is -0.0868. The van der Waals surface area contributed by atoms with Crippen molar-refractivity contribution in [1.29, 1.82) is 0 Å². The molecule has 0 saturated heterocycles. The highest BCUT2D eigenvalue weighted by Gasteiger charge is 2.45. The molecule has 0 aromatic rings. The van der Waals surface area contributed by atoms with Crippen LogP contribution in [0.5, 0.6) is 0 Å². The van der Waals surface area contributed by atoms with Crippen molar-refractivity contribution in [3.63, 3.8) is 0 Å². The van der Waals surface area contributed by atoms with Crippen LogP contribution in [0.3, 0.4) is 0 Å². The van der Waals surface area contributed by atoms with Crippen LogP contribution in [0.1, 0.15) is 104 Å². The number of hydrogen-bond acceptors (Lipinski definition) is 4. The molecule has 2 saturated carbocycles. The van der Waals surface area contributed by atoms with Crippen molar-refractivity contribution in [3.05, 3.63) is 0 Å². The Morgan fingerprint density at radius 2 is 1.50 bits per heavy atom. The monoisotopic (exact) mass is 452 g/mol. The van der Waals surface area contributed by atoms with Crippen molar-refractivity contribution in [2.45, 2.75) is 110 Å². The zero-order valence-electron chi connectivity index (χ0n) is 20.9. The molecule has 0 aromatic carbocycles. The molecule has 32 heavy (non-hydrogen) atoms. The van der Waals surface area contributed by atoms with E-state index in [-0.39, 0.29) is 17.5 Å². The van der Waals surface area contributed by atoms with E-state index in [4.69, 9.17) is 9.47 Å². The van der Waals surface area contributed by atoms with Gasteiger partial charge in [-0.3, -0.25) is 4.79 Å². The smallest absolute Gasteiger partial charge is 0.315 e. The highest BCUT2D eigenvalue weighted by molar-refractivity contribution is 5.74. The zero-order valence-corrected chi connectivity index (χ0v) is 20.9. The lowest BCUT2D eigenvalue weighted by Gasteiger charge is -2.50. The van der Waals surface area contributed by atoms with Crippen LogP contribution in [0.25, 0.3) is 0 Å². The molecule has 2 aliphatic rings. The molecule has 0 spiro atoms. The van der Waals surface area contributed by atoms with Gasteiger partial charge in [0.1, 0.15) is 0 Å². The summed E-state index contributed by atoms with van der Waals surface area (Å²) in [5.74, 6) is 2.13. The minimum Gasteiger partial charge on any atom is -0.466 e. The lowest BCUT2D eigenvalue weighted by molar-refractivity contribution is -0.143. The molecule has 0 radical (unpaired) electrons. The normalized spacial score (nSPS) is 27.0. The van der Waals surface area contributed by atoms with E-state index in [0.29, 0.717) is 24.9 Å². The van der Waals surface area contributed by atoms with Gasteiger partial charge in [-0.05, 0) is 88.9 Å². The fraction of sp³-hybridized carbons (Fsp3) is 0.923. The van der Waals surface area contributed by atoms with E-state index in [1.54, 1.807) is 0 Å². The van der Waals surface area contributed by atoms with Gasteiger partial charge in [0.05, 0.1) is 6.61 Å². The number of unbranched alkanes of at least 4 members (excludes halogenated alkanes) is 5. The van der Waals surface area contributed by atoms with Gasteiger partial charge < -0.3 is 20.1 Å². The zero-order chi connectivity index (χ0) is 23.2. The third-order valence-corrected chi connectivity index (χ3v) is 6.98. The van der Waals surface area contributed by atoms with Crippen LogP contribution < -0.4 is 10.6 Å². The number of urea groups is 1. The van der Waals surface area contributed by atoms with E-state index in [0.717, 1.165) is 89.9 Å². The maximum absolute atomic E-state index is 12.5. The lowest BCUT2D eigenvalue weighted by atomic mass is 9.61. The van der Waals surface area contributed by atoms with E-state index in [1.165, 1.54) is 12.8 Å². The highest BCUT2D eigenvalue weighted by atomic mass is 16.5. The Hall–Kier alpha value is -1.30. The standard InChI is InChI=1S/C26H48N2O4/c1-4-32-24(29)12-8-5-6-10-14-31-15-11-7-9-13-27-25(30)28-26-18-21(2)16-23(20-26)17-22(3)19-26/h21-23H,4-20H2,1-3H3,(H2,27,28,30). The predicted octanol–water partition coefficient (Wildman–Crippen LogP) is 5.59. The van der Waals surface area contributed by atoms with Crippen molar-refractivity contribution in [2.24, 2.45) is 17.8 Å². The van der Waals surface area contributed by atoms with Gasteiger partial charge in [-0.1, -0.05) is 26.7 Å². The summed E-state index contributed by atoms with van der Waals surface area (Å²) >= 11 is 0. The van der Waals surface area contributed by atoms with E-state index < -0.39 is 0 Å². The molecule has 186 valence electrons. The Kier molecular flexibility index (Phi) is 12.4. The molecule has 0 aliphatic heterocycles. The molecule has 2 rings (SSSR count). The van der Waals surface area contributed by atoms with Gasteiger partial charge in [0, 0.05) is 31.7 Å². The number of carbonyl (C=O) groups excluding carboxylic acids is 2. The molecule has 2 fully saturated rings. The second kappa shape index (κ2) is 14.8. The van der Waals surface area contributed by atoms with Crippen LogP contribution in [0.15, 0.2) is 0 Å². The summed E-state index contributed by atoms with van der Waals surface area (Å²) in [5, 5.41) is 6.46. The Bertz CT molecular complexity index is 534. The van der Waals surface area contributed by atoms with Crippen molar-refractivity contribution in [3.8, 4) is 0 Å². The second-order valence-electron chi connectivity index (χ2n) is 10.5. The number of carbonyl (C=O) groups is 2. The number of ether oxygens (including phenoxy) is 2. The van der Waals surface area contributed by atoms with Crippen LogP contribution in [0.2, 0.25) is 0 Å². The first-order valence-corrected chi connectivity index (χ1v) is 13.2. The first kappa shape index (κ1) is 26.9. The number of esters is 1. The van der Waals surface area contributed by atoms with Gasteiger partial charge in [0.15, 0.2) is 0 Å². The average molecular weight is 453 g/mol. The van der Waals surface area contributed by atoms with Crippen LogP contribution in [-0.2, 0) is 14.3 Å². The van der Waals surface area contributed by atoms with E-state index in [1.807, 2.05) is 6.92 Å². The number of hydrogen-bond donors (Lipinski definition) is 2. The average Bonchev–Trinajstić information content (AvgIpc) is 2.70. The molecular weight excluding hydrogens is 404 g/mol. The first-order chi connectivity index (χ1) is 15.4. The molecule has 0 heterocycles. The number of rotatable bonds is 15. The molecular formula is C26H48N2O4. The summed E-state index contributed by atoms with van der Waals surface area (Å²) in [5.41, 5.74) is 0.0245. The van der Waals surface area contributed by atoms with Crippen LogP contribution >= 0.6 is 0 Å². The van der Waals surface area contributed by atoms with Crippen molar-refractivity contribution in [2.75, 3.05) is 26.4 Å². The maximum Gasteiger partial charge on any atom is 0.315 e. The Labute approximate surface area is 196 Å². The van der Waals surface area contributed by atoms with Crippen LogP contribution in [0, 0.1) is 17.8 Å². The van der Waals surface area contributed by atoms with Crippen molar-refractivity contribution < 1.29 is 19.1 Å². The minimum absolute atomic E-state index is 0.0196. The van der Waals surface area contributed by atoms with Crippen LogP contribution in [0.4, 0.5) is 4.79 Å². The third kappa shape index (κ3) is 10.5. The topological polar surface area (TPSA) is 76.7 Å². The fourth-order valence-electron chi connectivity index (χ4n) is 6.01. The van der Waals surface area contributed by atoms with Gasteiger partial charge in [-0.15, -0.1) is 0 Å². The van der Waals surface area contributed by atoms with E-state index in [2.05, 4.69) is 24.5 Å².